The zero-order chi connectivity index (χ0) is 16.0. The first-order valence-corrected chi connectivity index (χ1v) is 8.56. The SMILES string of the molecule is CCCCC[C@H](C)NC(=O)c1ccc(S(=O)(=O)N(C)C)o1. The lowest BCUT2D eigenvalue weighted by atomic mass is 10.1. The standard InChI is InChI=1S/C14H24N2O4S/c1-5-6-7-8-11(2)15-14(17)12-9-10-13(20-12)21(18,19)16(3)4/h9-11H,5-8H2,1-4H3,(H,15,17)/t11-/m0/s1. The Kier molecular flexibility index (Phi) is 6.42. The van der Waals surface area contributed by atoms with Crippen LogP contribution < -0.4 is 5.32 Å². The highest BCUT2D eigenvalue weighted by Gasteiger charge is 2.23. The minimum absolute atomic E-state index is 0.0118. The monoisotopic (exact) mass is 316 g/mol. The summed E-state index contributed by atoms with van der Waals surface area (Å²) in [5.74, 6) is -0.378. The van der Waals surface area contributed by atoms with Gasteiger partial charge in [-0.05, 0) is 25.5 Å². The molecule has 0 bridgehead atoms. The molecule has 0 saturated carbocycles. The van der Waals surface area contributed by atoms with Crippen LogP contribution in [0.2, 0.25) is 0 Å². The quantitative estimate of drug-likeness (QED) is 0.746. The van der Waals surface area contributed by atoms with Gasteiger partial charge in [-0.2, -0.15) is 0 Å². The molecule has 1 aromatic heterocycles. The summed E-state index contributed by atoms with van der Waals surface area (Å²) in [6.07, 6.45) is 4.20. The highest BCUT2D eigenvalue weighted by Crippen LogP contribution is 2.17. The lowest BCUT2D eigenvalue weighted by molar-refractivity contribution is 0.0904. The van der Waals surface area contributed by atoms with Gasteiger partial charge >= 0.3 is 0 Å². The van der Waals surface area contributed by atoms with Crippen molar-refractivity contribution in [1.29, 1.82) is 0 Å². The van der Waals surface area contributed by atoms with E-state index in [-0.39, 0.29) is 22.8 Å². The molecule has 1 amide bonds. The molecule has 0 aromatic carbocycles. The Hall–Kier alpha value is -1.34. The highest BCUT2D eigenvalue weighted by molar-refractivity contribution is 7.88. The van der Waals surface area contributed by atoms with Crippen LogP contribution in [0.25, 0.3) is 0 Å². The van der Waals surface area contributed by atoms with Gasteiger partial charge in [0.2, 0.25) is 5.09 Å². The number of rotatable bonds is 8. The summed E-state index contributed by atoms with van der Waals surface area (Å²) in [4.78, 5) is 12.0. The van der Waals surface area contributed by atoms with E-state index in [9.17, 15) is 13.2 Å². The number of unbranched alkanes of at least 4 members (excludes halogenated alkanes) is 2. The second-order valence-corrected chi connectivity index (χ2v) is 7.36. The lowest BCUT2D eigenvalue weighted by Gasteiger charge is -2.12. The van der Waals surface area contributed by atoms with E-state index < -0.39 is 10.0 Å². The number of hydrogen-bond donors (Lipinski definition) is 1. The molecule has 1 heterocycles. The second-order valence-electron chi connectivity index (χ2n) is 5.28. The smallest absolute Gasteiger partial charge is 0.287 e. The summed E-state index contributed by atoms with van der Waals surface area (Å²) in [6.45, 7) is 4.05. The number of nitrogens with one attached hydrogen (secondary N) is 1. The zero-order valence-electron chi connectivity index (χ0n) is 13.0. The molecule has 1 atom stereocenters. The molecule has 0 aliphatic carbocycles. The number of sulfonamides is 1. The molecule has 120 valence electrons. The number of carbonyl (C=O) groups is 1. The predicted octanol–water partition coefficient (Wildman–Crippen LogP) is 2.23. The molecule has 0 fully saturated rings. The molecule has 0 saturated heterocycles. The molecule has 1 N–H and O–H groups in total. The summed E-state index contributed by atoms with van der Waals surface area (Å²) >= 11 is 0. The topological polar surface area (TPSA) is 79.6 Å². The van der Waals surface area contributed by atoms with Crippen LogP contribution in [0.1, 0.15) is 50.1 Å². The third-order valence-electron chi connectivity index (χ3n) is 3.16. The first kappa shape index (κ1) is 17.7. The van der Waals surface area contributed by atoms with E-state index in [0.717, 1.165) is 30.0 Å². The fraction of sp³-hybridized carbons (Fsp3) is 0.643. The zero-order valence-corrected chi connectivity index (χ0v) is 13.9. The van der Waals surface area contributed by atoms with Crippen LogP contribution in [0, 0.1) is 0 Å². The van der Waals surface area contributed by atoms with Crippen LogP contribution in [-0.2, 0) is 10.0 Å². The minimum Gasteiger partial charge on any atom is -0.438 e. The Morgan fingerprint density at radius 1 is 1.33 bits per heavy atom. The Morgan fingerprint density at radius 3 is 2.57 bits per heavy atom. The maximum absolute atomic E-state index is 12.0. The lowest BCUT2D eigenvalue weighted by Crippen LogP contribution is -2.32. The van der Waals surface area contributed by atoms with Gasteiger partial charge in [-0.1, -0.05) is 26.2 Å². The summed E-state index contributed by atoms with van der Waals surface area (Å²) in [6, 6.07) is 2.71. The van der Waals surface area contributed by atoms with Crippen molar-refractivity contribution >= 4 is 15.9 Å². The predicted molar refractivity (Wildman–Crippen MR) is 80.7 cm³/mol. The van der Waals surface area contributed by atoms with Crippen molar-refractivity contribution in [2.75, 3.05) is 14.1 Å². The van der Waals surface area contributed by atoms with Crippen molar-refractivity contribution < 1.29 is 17.6 Å². The van der Waals surface area contributed by atoms with Gasteiger partial charge in [-0.25, -0.2) is 12.7 Å². The second kappa shape index (κ2) is 7.61. The van der Waals surface area contributed by atoms with E-state index >= 15 is 0 Å². The molecule has 0 radical (unpaired) electrons. The first-order valence-electron chi connectivity index (χ1n) is 7.12. The van der Waals surface area contributed by atoms with Gasteiger partial charge in [-0.3, -0.25) is 4.79 Å². The van der Waals surface area contributed by atoms with Crippen molar-refractivity contribution in [3.8, 4) is 0 Å². The summed E-state index contributed by atoms with van der Waals surface area (Å²) < 4.78 is 29.9. The van der Waals surface area contributed by atoms with Gasteiger partial charge in [0.05, 0.1) is 0 Å². The molecule has 1 aromatic rings. The van der Waals surface area contributed by atoms with E-state index in [1.54, 1.807) is 0 Å². The average molecular weight is 316 g/mol. The molecular formula is C14H24N2O4S. The molecule has 0 spiro atoms. The summed E-state index contributed by atoms with van der Waals surface area (Å²) in [5, 5.41) is 2.58. The fourth-order valence-electron chi connectivity index (χ4n) is 1.83. The van der Waals surface area contributed by atoms with Crippen LogP contribution in [-0.4, -0.2) is 38.8 Å². The normalized spacial score (nSPS) is 13.4. The first-order chi connectivity index (χ1) is 9.78. The summed E-state index contributed by atoms with van der Waals surface area (Å²) in [7, 11) is -0.829. The summed E-state index contributed by atoms with van der Waals surface area (Å²) in [5.41, 5.74) is 0. The Labute approximate surface area is 126 Å². The molecule has 21 heavy (non-hydrogen) atoms. The van der Waals surface area contributed by atoms with Crippen LogP contribution in [0.15, 0.2) is 21.6 Å². The van der Waals surface area contributed by atoms with E-state index in [1.165, 1.54) is 26.2 Å². The Bertz CT molecular complexity index is 563. The number of amides is 1. The van der Waals surface area contributed by atoms with Crippen LogP contribution in [0.3, 0.4) is 0 Å². The van der Waals surface area contributed by atoms with E-state index in [1.807, 2.05) is 6.92 Å². The van der Waals surface area contributed by atoms with E-state index in [2.05, 4.69) is 12.2 Å². The molecule has 7 heteroatoms. The third kappa shape index (κ3) is 4.86. The fourth-order valence-corrected chi connectivity index (χ4v) is 2.62. The molecule has 6 nitrogen and oxygen atoms in total. The number of nitrogens with zero attached hydrogens (tertiary/aromatic N) is 1. The van der Waals surface area contributed by atoms with Crippen molar-refractivity contribution in [2.24, 2.45) is 0 Å². The van der Waals surface area contributed by atoms with Crippen LogP contribution in [0.4, 0.5) is 0 Å². The third-order valence-corrected chi connectivity index (χ3v) is 4.85. The largest absolute Gasteiger partial charge is 0.438 e. The van der Waals surface area contributed by atoms with Gasteiger partial charge in [0, 0.05) is 20.1 Å². The van der Waals surface area contributed by atoms with E-state index in [0.29, 0.717) is 0 Å². The van der Waals surface area contributed by atoms with Gasteiger partial charge in [0.15, 0.2) is 5.76 Å². The van der Waals surface area contributed by atoms with Gasteiger partial charge < -0.3 is 9.73 Å². The Balaban J connectivity index is 2.67. The number of carbonyl (C=O) groups excluding carboxylic acids is 1. The molecule has 1 rings (SSSR count). The van der Waals surface area contributed by atoms with Gasteiger partial charge in [-0.15, -0.1) is 0 Å². The van der Waals surface area contributed by atoms with Crippen LogP contribution >= 0.6 is 0 Å². The number of furan rings is 1. The maximum Gasteiger partial charge on any atom is 0.287 e. The molecular weight excluding hydrogens is 292 g/mol. The van der Waals surface area contributed by atoms with Crippen molar-refractivity contribution in [3.63, 3.8) is 0 Å². The van der Waals surface area contributed by atoms with E-state index in [4.69, 9.17) is 4.42 Å². The Morgan fingerprint density at radius 2 is 2.00 bits per heavy atom. The minimum atomic E-state index is -3.65. The molecule has 0 aliphatic heterocycles. The molecule has 0 unspecified atom stereocenters. The highest BCUT2D eigenvalue weighted by atomic mass is 32.2. The van der Waals surface area contributed by atoms with Crippen molar-refractivity contribution in [1.82, 2.24) is 9.62 Å². The number of hydrogen-bond acceptors (Lipinski definition) is 4. The van der Waals surface area contributed by atoms with Crippen molar-refractivity contribution in [2.45, 2.75) is 50.7 Å². The average Bonchev–Trinajstić information content (AvgIpc) is 2.89. The van der Waals surface area contributed by atoms with Gasteiger partial charge in [0.1, 0.15) is 0 Å². The van der Waals surface area contributed by atoms with Crippen molar-refractivity contribution in [3.05, 3.63) is 17.9 Å². The molecule has 0 aliphatic rings. The maximum atomic E-state index is 12.0. The van der Waals surface area contributed by atoms with Gasteiger partial charge in [0.25, 0.3) is 15.9 Å². The van der Waals surface area contributed by atoms with Crippen LogP contribution in [0.5, 0.6) is 0 Å².